The highest BCUT2D eigenvalue weighted by Crippen LogP contribution is 2.32. The van der Waals surface area contributed by atoms with Gasteiger partial charge in [0.1, 0.15) is 5.82 Å². The van der Waals surface area contributed by atoms with Crippen LogP contribution < -0.4 is 5.73 Å². The lowest BCUT2D eigenvalue weighted by Crippen LogP contribution is -2.32. The summed E-state index contributed by atoms with van der Waals surface area (Å²) in [4.78, 5) is 12.4. The number of nitrogens with two attached hydrogens (primary N) is 1. The fraction of sp³-hybridized carbons (Fsp3) is 0.533. The largest absolute Gasteiger partial charge is 0.330 e. The minimum absolute atomic E-state index is 0.0636. The molecule has 18 heavy (non-hydrogen) atoms. The van der Waals surface area contributed by atoms with E-state index in [9.17, 15) is 9.18 Å². The molecule has 1 fully saturated rings. The quantitative estimate of drug-likeness (QED) is 0.836. The van der Waals surface area contributed by atoms with Crippen LogP contribution in [0.3, 0.4) is 0 Å². The molecule has 0 radical (unpaired) electrons. The summed E-state index contributed by atoms with van der Waals surface area (Å²) in [5, 5.41) is 0. The summed E-state index contributed by atoms with van der Waals surface area (Å²) in [6.07, 6.45) is 4.00. The number of ketones is 1. The summed E-state index contributed by atoms with van der Waals surface area (Å²) in [6.45, 7) is 2.39. The predicted octanol–water partition coefficient (Wildman–Crippen LogP) is 3.08. The third-order valence-corrected chi connectivity index (χ3v) is 3.94. The number of benzene rings is 1. The van der Waals surface area contributed by atoms with E-state index in [1.807, 2.05) is 6.92 Å². The van der Waals surface area contributed by atoms with E-state index in [4.69, 9.17) is 5.73 Å². The van der Waals surface area contributed by atoms with Crippen LogP contribution in [-0.2, 0) is 0 Å². The Morgan fingerprint density at radius 2 is 2.11 bits per heavy atom. The fourth-order valence-corrected chi connectivity index (χ4v) is 2.86. The molecule has 2 nitrogen and oxygen atoms in total. The van der Waals surface area contributed by atoms with Crippen LogP contribution in [0.25, 0.3) is 0 Å². The van der Waals surface area contributed by atoms with Crippen LogP contribution in [0.5, 0.6) is 0 Å². The third kappa shape index (κ3) is 2.61. The molecular weight excluding hydrogens is 229 g/mol. The minimum atomic E-state index is -0.410. The van der Waals surface area contributed by atoms with Crippen LogP contribution in [-0.4, -0.2) is 12.3 Å². The molecule has 1 aliphatic carbocycles. The van der Waals surface area contributed by atoms with E-state index in [1.54, 1.807) is 12.1 Å². The van der Waals surface area contributed by atoms with Crippen molar-refractivity contribution in [1.29, 1.82) is 0 Å². The summed E-state index contributed by atoms with van der Waals surface area (Å²) in [5.74, 6) is -0.357. The molecule has 0 spiro atoms. The topological polar surface area (TPSA) is 43.1 Å². The van der Waals surface area contributed by atoms with Gasteiger partial charge in [-0.05, 0) is 44.4 Å². The zero-order valence-electron chi connectivity index (χ0n) is 10.8. The predicted molar refractivity (Wildman–Crippen MR) is 70.0 cm³/mol. The van der Waals surface area contributed by atoms with Crippen molar-refractivity contribution in [2.75, 3.05) is 6.54 Å². The first-order chi connectivity index (χ1) is 8.63. The summed E-state index contributed by atoms with van der Waals surface area (Å²) in [7, 11) is 0. The molecular formula is C15H20FNO. The highest BCUT2D eigenvalue weighted by Gasteiger charge is 2.31. The molecule has 3 heteroatoms. The Kier molecular flexibility index (Phi) is 4.12. The molecule has 0 bridgehead atoms. The number of rotatable bonds is 3. The Morgan fingerprint density at radius 1 is 1.39 bits per heavy atom. The van der Waals surface area contributed by atoms with Gasteiger partial charge in [0.25, 0.3) is 0 Å². The van der Waals surface area contributed by atoms with E-state index >= 15 is 0 Å². The molecule has 0 aliphatic heterocycles. The van der Waals surface area contributed by atoms with Gasteiger partial charge >= 0.3 is 0 Å². The fourth-order valence-electron chi connectivity index (χ4n) is 2.86. The molecule has 2 atom stereocenters. The SMILES string of the molecule is Cc1ccc(F)c(C(=O)C2CCCCC2CN)c1. The zero-order chi connectivity index (χ0) is 13.1. The lowest BCUT2D eigenvalue weighted by molar-refractivity contribution is 0.0825. The van der Waals surface area contributed by atoms with Crippen molar-refractivity contribution >= 4 is 5.78 Å². The normalized spacial score (nSPS) is 23.9. The van der Waals surface area contributed by atoms with Crippen LogP contribution >= 0.6 is 0 Å². The highest BCUT2D eigenvalue weighted by molar-refractivity contribution is 5.98. The van der Waals surface area contributed by atoms with Gasteiger partial charge in [-0.2, -0.15) is 0 Å². The Bertz CT molecular complexity index is 444. The van der Waals surface area contributed by atoms with Gasteiger partial charge in [0.15, 0.2) is 5.78 Å². The first-order valence-electron chi connectivity index (χ1n) is 6.64. The van der Waals surface area contributed by atoms with Crippen molar-refractivity contribution < 1.29 is 9.18 Å². The molecule has 98 valence electrons. The van der Waals surface area contributed by atoms with Crippen molar-refractivity contribution in [1.82, 2.24) is 0 Å². The highest BCUT2D eigenvalue weighted by atomic mass is 19.1. The molecule has 1 aromatic rings. The van der Waals surface area contributed by atoms with E-state index in [0.717, 1.165) is 31.2 Å². The summed E-state index contributed by atoms with van der Waals surface area (Å²) in [6, 6.07) is 4.72. The van der Waals surface area contributed by atoms with E-state index in [1.165, 1.54) is 6.07 Å². The van der Waals surface area contributed by atoms with Crippen molar-refractivity contribution in [3.63, 3.8) is 0 Å². The van der Waals surface area contributed by atoms with Gasteiger partial charge in [-0.3, -0.25) is 4.79 Å². The maximum atomic E-state index is 13.8. The molecule has 2 rings (SSSR count). The van der Waals surface area contributed by atoms with Gasteiger partial charge in [0.05, 0.1) is 5.56 Å². The van der Waals surface area contributed by atoms with Gasteiger partial charge in [0, 0.05) is 5.92 Å². The number of Topliss-reactive ketones (excluding diaryl/α,β-unsaturated/α-hetero) is 1. The summed E-state index contributed by atoms with van der Waals surface area (Å²) < 4.78 is 13.8. The van der Waals surface area contributed by atoms with Crippen molar-refractivity contribution in [2.45, 2.75) is 32.6 Å². The Labute approximate surface area is 107 Å². The van der Waals surface area contributed by atoms with Gasteiger partial charge in [0.2, 0.25) is 0 Å². The summed E-state index contributed by atoms with van der Waals surface area (Å²) >= 11 is 0. The standard InChI is InChI=1S/C15H20FNO/c1-10-6-7-14(16)13(8-10)15(18)12-5-3-2-4-11(12)9-17/h6-8,11-12H,2-5,9,17H2,1H3. The van der Waals surface area contributed by atoms with Crippen molar-refractivity contribution in [3.05, 3.63) is 35.1 Å². The second kappa shape index (κ2) is 5.61. The second-order valence-electron chi connectivity index (χ2n) is 5.23. The average molecular weight is 249 g/mol. The van der Waals surface area contributed by atoms with Crippen LogP contribution in [0.2, 0.25) is 0 Å². The molecule has 0 amide bonds. The van der Waals surface area contributed by atoms with E-state index < -0.39 is 5.82 Å². The average Bonchev–Trinajstić information content (AvgIpc) is 2.40. The van der Waals surface area contributed by atoms with Crippen LogP contribution in [0.4, 0.5) is 4.39 Å². The van der Waals surface area contributed by atoms with E-state index in [0.29, 0.717) is 6.54 Å². The Morgan fingerprint density at radius 3 is 2.83 bits per heavy atom. The lowest BCUT2D eigenvalue weighted by Gasteiger charge is -2.29. The molecule has 2 unspecified atom stereocenters. The molecule has 0 saturated heterocycles. The maximum absolute atomic E-state index is 13.8. The molecule has 2 N–H and O–H groups in total. The molecule has 1 saturated carbocycles. The first-order valence-corrected chi connectivity index (χ1v) is 6.64. The lowest BCUT2D eigenvalue weighted by atomic mass is 9.75. The minimum Gasteiger partial charge on any atom is -0.330 e. The van der Waals surface area contributed by atoms with Gasteiger partial charge in [-0.1, -0.05) is 24.5 Å². The van der Waals surface area contributed by atoms with Crippen LogP contribution in [0.15, 0.2) is 18.2 Å². The Hall–Kier alpha value is -1.22. The van der Waals surface area contributed by atoms with Crippen LogP contribution in [0, 0.1) is 24.6 Å². The maximum Gasteiger partial charge on any atom is 0.169 e. The third-order valence-electron chi connectivity index (χ3n) is 3.94. The van der Waals surface area contributed by atoms with Gasteiger partial charge in [-0.15, -0.1) is 0 Å². The number of aryl methyl sites for hydroxylation is 1. The van der Waals surface area contributed by atoms with Crippen LogP contribution in [0.1, 0.15) is 41.6 Å². The number of carbonyl (C=O) groups excluding carboxylic acids is 1. The second-order valence-corrected chi connectivity index (χ2v) is 5.23. The first kappa shape index (κ1) is 13.2. The molecule has 0 aromatic heterocycles. The number of carbonyl (C=O) groups is 1. The van der Waals surface area contributed by atoms with Crippen molar-refractivity contribution in [3.8, 4) is 0 Å². The summed E-state index contributed by atoms with van der Waals surface area (Å²) in [5.41, 5.74) is 6.88. The van der Waals surface area contributed by atoms with E-state index in [-0.39, 0.29) is 23.2 Å². The number of hydrogen-bond acceptors (Lipinski definition) is 2. The smallest absolute Gasteiger partial charge is 0.169 e. The molecule has 1 aliphatic rings. The number of hydrogen-bond donors (Lipinski definition) is 1. The molecule has 1 aromatic carbocycles. The zero-order valence-corrected chi connectivity index (χ0v) is 10.8. The van der Waals surface area contributed by atoms with Crippen molar-refractivity contribution in [2.24, 2.45) is 17.6 Å². The van der Waals surface area contributed by atoms with Gasteiger partial charge < -0.3 is 5.73 Å². The Balaban J connectivity index is 2.26. The molecule has 0 heterocycles. The number of halogens is 1. The van der Waals surface area contributed by atoms with Gasteiger partial charge in [-0.25, -0.2) is 4.39 Å². The van der Waals surface area contributed by atoms with E-state index in [2.05, 4.69) is 0 Å². The monoisotopic (exact) mass is 249 g/mol.